The van der Waals surface area contributed by atoms with Crippen molar-refractivity contribution in [3.8, 4) is 0 Å². The van der Waals surface area contributed by atoms with Gasteiger partial charge in [0.2, 0.25) is 0 Å². The first-order chi connectivity index (χ1) is 6.25. The van der Waals surface area contributed by atoms with Gasteiger partial charge < -0.3 is 4.74 Å². The van der Waals surface area contributed by atoms with Gasteiger partial charge in [0.05, 0.1) is 6.61 Å². The minimum Gasteiger partial charge on any atom is -0.487 e. The number of rotatable bonds is 3. The van der Waals surface area contributed by atoms with Gasteiger partial charge in [-0.15, -0.1) is 0 Å². The minimum atomic E-state index is 0.205. The second-order valence-electron chi connectivity index (χ2n) is 2.88. The lowest BCUT2D eigenvalue weighted by Crippen LogP contribution is -2.10. The van der Waals surface area contributed by atoms with Gasteiger partial charge >= 0.3 is 0 Å². The smallest absolute Gasteiger partial charge is 0.166 e. The number of benzene rings is 1. The maximum Gasteiger partial charge on any atom is 0.166 e. The highest BCUT2D eigenvalue weighted by molar-refractivity contribution is 7.80. The van der Waals surface area contributed by atoms with E-state index in [4.69, 9.17) is 17.0 Å². The highest BCUT2D eigenvalue weighted by Crippen LogP contribution is 2.17. The molecule has 13 heavy (non-hydrogen) atoms. The summed E-state index contributed by atoms with van der Waals surface area (Å²) in [5.74, 6) is 0.205. The highest BCUT2D eigenvalue weighted by Gasteiger charge is 2.10. The van der Waals surface area contributed by atoms with E-state index < -0.39 is 0 Å². The summed E-state index contributed by atoms with van der Waals surface area (Å²) >= 11 is 5.14. The van der Waals surface area contributed by atoms with E-state index in [1.807, 2.05) is 25.1 Å². The van der Waals surface area contributed by atoms with Gasteiger partial charge in [-0.2, -0.15) is 0 Å². The molecule has 0 fully saturated rings. The standard InChI is InChI=1S/C11H14OS/c1-3-12-11(13)9(2)10-7-5-4-6-8-10/h4-9H,3H2,1-2H3/t9-/m1/s1. The molecule has 0 unspecified atom stereocenters. The molecule has 0 spiro atoms. The topological polar surface area (TPSA) is 9.23 Å². The van der Waals surface area contributed by atoms with Crippen LogP contribution in [0.15, 0.2) is 30.3 Å². The lowest BCUT2D eigenvalue weighted by Gasteiger charge is -2.13. The lowest BCUT2D eigenvalue weighted by atomic mass is 10.0. The van der Waals surface area contributed by atoms with E-state index in [1.54, 1.807) is 0 Å². The van der Waals surface area contributed by atoms with Crippen molar-refractivity contribution in [2.75, 3.05) is 6.61 Å². The summed E-state index contributed by atoms with van der Waals surface area (Å²) in [6, 6.07) is 10.2. The third-order valence-electron chi connectivity index (χ3n) is 1.94. The molecular formula is C11H14OS. The molecule has 0 saturated carbocycles. The Morgan fingerprint density at radius 2 is 2.00 bits per heavy atom. The maximum atomic E-state index is 5.29. The summed E-state index contributed by atoms with van der Waals surface area (Å²) in [4.78, 5) is 0. The SMILES string of the molecule is CCOC(=S)[C@H](C)c1ccccc1. The molecule has 1 aromatic carbocycles. The molecule has 70 valence electrons. The van der Waals surface area contributed by atoms with Crippen molar-refractivity contribution >= 4 is 17.3 Å². The zero-order valence-electron chi connectivity index (χ0n) is 7.99. The van der Waals surface area contributed by atoms with E-state index in [-0.39, 0.29) is 5.92 Å². The zero-order valence-corrected chi connectivity index (χ0v) is 8.80. The van der Waals surface area contributed by atoms with Crippen LogP contribution >= 0.6 is 12.2 Å². The van der Waals surface area contributed by atoms with E-state index in [1.165, 1.54) is 5.56 Å². The monoisotopic (exact) mass is 194 g/mol. The van der Waals surface area contributed by atoms with Crippen molar-refractivity contribution in [3.05, 3.63) is 35.9 Å². The first-order valence-electron chi connectivity index (χ1n) is 4.47. The molecule has 1 atom stereocenters. The number of ether oxygens (including phenoxy) is 1. The van der Waals surface area contributed by atoms with Crippen LogP contribution in [0.4, 0.5) is 0 Å². The van der Waals surface area contributed by atoms with Crippen molar-refractivity contribution in [1.29, 1.82) is 0 Å². The predicted molar refractivity (Wildman–Crippen MR) is 59.1 cm³/mol. The van der Waals surface area contributed by atoms with Gasteiger partial charge in [0, 0.05) is 5.92 Å². The van der Waals surface area contributed by atoms with Gasteiger partial charge in [-0.25, -0.2) is 0 Å². The van der Waals surface area contributed by atoms with Crippen LogP contribution in [0, 0.1) is 0 Å². The fraction of sp³-hybridized carbons (Fsp3) is 0.364. The van der Waals surface area contributed by atoms with Crippen LogP contribution in [-0.4, -0.2) is 11.7 Å². The zero-order chi connectivity index (χ0) is 9.68. The summed E-state index contributed by atoms with van der Waals surface area (Å²) in [5, 5.41) is 0.675. The Morgan fingerprint density at radius 3 is 2.54 bits per heavy atom. The summed E-state index contributed by atoms with van der Waals surface area (Å²) in [6.07, 6.45) is 0. The lowest BCUT2D eigenvalue weighted by molar-refractivity contribution is 0.323. The summed E-state index contributed by atoms with van der Waals surface area (Å²) < 4.78 is 5.29. The normalized spacial score (nSPS) is 12.2. The summed E-state index contributed by atoms with van der Waals surface area (Å²) in [7, 11) is 0. The molecular weight excluding hydrogens is 180 g/mol. The van der Waals surface area contributed by atoms with Crippen molar-refractivity contribution in [2.45, 2.75) is 19.8 Å². The molecule has 0 bridgehead atoms. The van der Waals surface area contributed by atoms with Crippen molar-refractivity contribution < 1.29 is 4.74 Å². The third-order valence-corrected chi connectivity index (χ3v) is 2.41. The van der Waals surface area contributed by atoms with E-state index in [2.05, 4.69) is 19.1 Å². The molecule has 0 N–H and O–H groups in total. The second kappa shape index (κ2) is 4.97. The predicted octanol–water partition coefficient (Wildman–Crippen LogP) is 3.15. The highest BCUT2D eigenvalue weighted by atomic mass is 32.1. The molecule has 0 aromatic heterocycles. The van der Waals surface area contributed by atoms with E-state index in [0.717, 1.165) is 0 Å². The molecule has 1 aromatic rings. The molecule has 0 radical (unpaired) electrons. The van der Waals surface area contributed by atoms with Gasteiger partial charge in [0.1, 0.15) is 0 Å². The molecule has 0 aliphatic carbocycles. The van der Waals surface area contributed by atoms with E-state index in [9.17, 15) is 0 Å². The number of thiocarbonyl (C=S) groups is 1. The van der Waals surface area contributed by atoms with Crippen LogP contribution in [-0.2, 0) is 4.74 Å². The van der Waals surface area contributed by atoms with Crippen molar-refractivity contribution in [2.24, 2.45) is 0 Å². The third kappa shape index (κ3) is 2.81. The average molecular weight is 194 g/mol. The van der Waals surface area contributed by atoms with Crippen LogP contribution in [0.25, 0.3) is 0 Å². The molecule has 1 rings (SSSR count). The quantitative estimate of drug-likeness (QED) is 0.684. The Hall–Kier alpha value is -0.890. The van der Waals surface area contributed by atoms with Gasteiger partial charge in [-0.3, -0.25) is 0 Å². The minimum absolute atomic E-state index is 0.205. The van der Waals surface area contributed by atoms with E-state index >= 15 is 0 Å². The fourth-order valence-electron chi connectivity index (χ4n) is 1.15. The molecule has 0 aliphatic rings. The average Bonchev–Trinajstić information content (AvgIpc) is 2.18. The molecule has 1 nitrogen and oxygen atoms in total. The number of hydrogen-bond acceptors (Lipinski definition) is 2. The van der Waals surface area contributed by atoms with Gasteiger partial charge in [-0.05, 0) is 24.7 Å². The van der Waals surface area contributed by atoms with Gasteiger partial charge in [0.25, 0.3) is 0 Å². The van der Waals surface area contributed by atoms with Gasteiger partial charge in [-0.1, -0.05) is 37.3 Å². The Kier molecular flexibility index (Phi) is 3.90. The Labute approximate surface area is 84.7 Å². The Bertz CT molecular complexity index is 269. The maximum absolute atomic E-state index is 5.29. The van der Waals surface area contributed by atoms with Crippen LogP contribution in [0.1, 0.15) is 25.3 Å². The molecule has 0 aliphatic heterocycles. The van der Waals surface area contributed by atoms with Crippen LogP contribution < -0.4 is 0 Å². The van der Waals surface area contributed by atoms with Crippen molar-refractivity contribution in [1.82, 2.24) is 0 Å². The Morgan fingerprint density at radius 1 is 1.38 bits per heavy atom. The van der Waals surface area contributed by atoms with Crippen LogP contribution in [0.3, 0.4) is 0 Å². The second-order valence-corrected chi connectivity index (χ2v) is 3.29. The van der Waals surface area contributed by atoms with Crippen molar-refractivity contribution in [3.63, 3.8) is 0 Å². The molecule has 0 heterocycles. The number of hydrogen-bond donors (Lipinski definition) is 0. The molecule has 2 heteroatoms. The first-order valence-corrected chi connectivity index (χ1v) is 4.88. The van der Waals surface area contributed by atoms with Crippen LogP contribution in [0.2, 0.25) is 0 Å². The van der Waals surface area contributed by atoms with E-state index in [0.29, 0.717) is 11.7 Å². The Balaban J connectivity index is 2.68. The molecule has 0 amide bonds. The largest absolute Gasteiger partial charge is 0.487 e. The summed E-state index contributed by atoms with van der Waals surface area (Å²) in [6.45, 7) is 4.66. The van der Waals surface area contributed by atoms with Gasteiger partial charge in [0.15, 0.2) is 5.05 Å². The van der Waals surface area contributed by atoms with Crippen LogP contribution in [0.5, 0.6) is 0 Å². The summed E-state index contributed by atoms with van der Waals surface area (Å²) in [5.41, 5.74) is 1.21. The first kappa shape index (κ1) is 10.2. The molecule has 0 saturated heterocycles. The fourth-order valence-corrected chi connectivity index (χ4v) is 1.40.